The highest BCUT2D eigenvalue weighted by molar-refractivity contribution is 7.99. The van der Waals surface area contributed by atoms with Crippen LogP contribution in [0.15, 0.2) is 28.3 Å². The van der Waals surface area contributed by atoms with Gasteiger partial charge in [0.1, 0.15) is 4.90 Å². The van der Waals surface area contributed by atoms with Gasteiger partial charge in [-0.15, -0.1) is 11.8 Å². The maximum absolute atomic E-state index is 12.4. The Morgan fingerprint density at radius 2 is 2.00 bits per heavy atom. The van der Waals surface area contributed by atoms with Crippen LogP contribution < -0.4 is 0 Å². The summed E-state index contributed by atoms with van der Waals surface area (Å²) in [5, 5.41) is 0.899. The number of sulfonamides is 1. The number of hydrogen-bond acceptors (Lipinski definition) is 4. The first-order valence-electron chi connectivity index (χ1n) is 7.23. The molecule has 1 aliphatic heterocycles. The van der Waals surface area contributed by atoms with Gasteiger partial charge in [-0.1, -0.05) is 19.8 Å². The molecule has 0 bridgehead atoms. The molecular formula is C14H22N2O2S2. The minimum Gasteiger partial charge on any atom is -0.249 e. The van der Waals surface area contributed by atoms with Crippen LogP contribution in [0.4, 0.5) is 0 Å². The van der Waals surface area contributed by atoms with E-state index in [0.29, 0.717) is 18.0 Å². The molecule has 1 aromatic heterocycles. The number of piperidine rings is 1. The average Bonchev–Trinajstić information content (AvgIpc) is 2.49. The first kappa shape index (κ1) is 15.8. The van der Waals surface area contributed by atoms with Crippen LogP contribution in [0.25, 0.3) is 0 Å². The summed E-state index contributed by atoms with van der Waals surface area (Å²) in [6, 6.07) is 3.50. The highest BCUT2D eigenvalue weighted by atomic mass is 32.2. The third-order valence-corrected chi connectivity index (χ3v) is 6.32. The number of thioether (sulfide) groups is 1. The Bertz CT molecular complexity index is 508. The summed E-state index contributed by atoms with van der Waals surface area (Å²) in [7, 11) is -3.34. The van der Waals surface area contributed by atoms with Gasteiger partial charge in [0.05, 0.1) is 5.03 Å². The zero-order chi connectivity index (χ0) is 14.4. The Kier molecular flexibility index (Phi) is 5.86. The van der Waals surface area contributed by atoms with Crippen molar-refractivity contribution in [1.82, 2.24) is 9.29 Å². The molecule has 112 valence electrons. The number of rotatable bonds is 6. The van der Waals surface area contributed by atoms with Crippen LogP contribution >= 0.6 is 11.8 Å². The molecule has 0 aliphatic carbocycles. The minimum atomic E-state index is -3.34. The SMILES string of the molecule is CCCCSc1ccc(S(=O)(=O)N2CCCCC2)cn1. The first-order chi connectivity index (χ1) is 9.64. The largest absolute Gasteiger partial charge is 0.249 e. The molecule has 0 aromatic carbocycles. The summed E-state index contributed by atoms with van der Waals surface area (Å²) in [6.07, 6.45) is 6.85. The quantitative estimate of drug-likeness (QED) is 0.598. The zero-order valence-corrected chi connectivity index (χ0v) is 13.5. The summed E-state index contributed by atoms with van der Waals surface area (Å²) in [5.41, 5.74) is 0. The van der Waals surface area contributed by atoms with Crippen molar-refractivity contribution in [2.24, 2.45) is 0 Å². The third-order valence-electron chi connectivity index (χ3n) is 3.41. The van der Waals surface area contributed by atoms with Gasteiger partial charge < -0.3 is 0 Å². The van der Waals surface area contributed by atoms with Crippen LogP contribution in [0.5, 0.6) is 0 Å². The maximum atomic E-state index is 12.4. The summed E-state index contributed by atoms with van der Waals surface area (Å²) in [5.74, 6) is 1.03. The van der Waals surface area contributed by atoms with Gasteiger partial charge in [0.15, 0.2) is 0 Å². The topological polar surface area (TPSA) is 50.3 Å². The fraction of sp³-hybridized carbons (Fsp3) is 0.643. The number of pyridine rings is 1. The van der Waals surface area contributed by atoms with Gasteiger partial charge in [-0.05, 0) is 37.1 Å². The van der Waals surface area contributed by atoms with E-state index in [1.807, 2.05) is 6.07 Å². The molecular weight excluding hydrogens is 292 g/mol. The van der Waals surface area contributed by atoms with Crippen LogP contribution in [0.3, 0.4) is 0 Å². The normalized spacial score (nSPS) is 17.2. The standard InChI is InChI=1S/C14H22N2O2S2/c1-2-3-11-19-14-8-7-13(12-15-14)20(17,18)16-9-5-4-6-10-16/h7-8,12H,2-6,9-11H2,1H3. The van der Waals surface area contributed by atoms with Gasteiger partial charge in [-0.3, -0.25) is 0 Å². The van der Waals surface area contributed by atoms with Gasteiger partial charge in [-0.2, -0.15) is 4.31 Å². The predicted molar refractivity (Wildman–Crippen MR) is 82.5 cm³/mol. The van der Waals surface area contributed by atoms with Crippen LogP contribution in [0.1, 0.15) is 39.0 Å². The zero-order valence-electron chi connectivity index (χ0n) is 11.9. The summed E-state index contributed by atoms with van der Waals surface area (Å²) in [4.78, 5) is 4.59. The van der Waals surface area contributed by atoms with Crippen LogP contribution in [-0.2, 0) is 10.0 Å². The fourth-order valence-electron chi connectivity index (χ4n) is 2.18. The fourth-order valence-corrected chi connectivity index (χ4v) is 4.58. The second-order valence-corrected chi connectivity index (χ2v) is 8.05. The lowest BCUT2D eigenvalue weighted by molar-refractivity contribution is 0.346. The Morgan fingerprint density at radius 1 is 1.25 bits per heavy atom. The Hall–Kier alpha value is -0.590. The monoisotopic (exact) mass is 314 g/mol. The Labute approximate surface area is 126 Å². The van der Waals surface area contributed by atoms with Gasteiger partial charge in [0.2, 0.25) is 10.0 Å². The van der Waals surface area contributed by atoms with E-state index in [9.17, 15) is 8.42 Å². The highest BCUT2D eigenvalue weighted by Gasteiger charge is 2.25. The second-order valence-electron chi connectivity index (χ2n) is 5.00. The van der Waals surface area contributed by atoms with E-state index in [1.54, 1.807) is 22.1 Å². The molecule has 1 aliphatic rings. The molecule has 0 atom stereocenters. The predicted octanol–water partition coefficient (Wildman–Crippen LogP) is 3.15. The average molecular weight is 314 g/mol. The molecule has 0 saturated carbocycles. The number of nitrogens with zero attached hydrogens (tertiary/aromatic N) is 2. The lowest BCUT2D eigenvalue weighted by Gasteiger charge is -2.25. The van der Waals surface area contributed by atoms with E-state index in [2.05, 4.69) is 11.9 Å². The lowest BCUT2D eigenvalue weighted by atomic mass is 10.2. The van der Waals surface area contributed by atoms with Crippen LogP contribution in [0, 0.1) is 0 Å². The van der Waals surface area contributed by atoms with E-state index < -0.39 is 10.0 Å². The molecule has 4 nitrogen and oxygen atoms in total. The highest BCUT2D eigenvalue weighted by Crippen LogP contribution is 2.22. The number of hydrogen-bond donors (Lipinski definition) is 0. The van der Waals surface area contributed by atoms with Crippen LogP contribution in [-0.4, -0.2) is 36.5 Å². The van der Waals surface area contributed by atoms with Crippen molar-refractivity contribution in [3.63, 3.8) is 0 Å². The molecule has 0 unspecified atom stereocenters. The lowest BCUT2D eigenvalue weighted by Crippen LogP contribution is -2.35. The molecule has 2 rings (SSSR count). The van der Waals surface area contributed by atoms with Gasteiger partial charge in [-0.25, -0.2) is 13.4 Å². The van der Waals surface area contributed by atoms with Crippen molar-refractivity contribution < 1.29 is 8.42 Å². The summed E-state index contributed by atoms with van der Waals surface area (Å²) in [6.45, 7) is 3.42. The first-order valence-corrected chi connectivity index (χ1v) is 9.66. The van der Waals surface area contributed by atoms with Crippen molar-refractivity contribution in [2.75, 3.05) is 18.8 Å². The Morgan fingerprint density at radius 3 is 2.60 bits per heavy atom. The molecule has 6 heteroatoms. The van der Waals surface area contributed by atoms with Crippen molar-refractivity contribution in [3.8, 4) is 0 Å². The molecule has 1 saturated heterocycles. The minimum absolute atomic E-state index is 0.319. The molecule has 2 heterocycles. The molecule has 0 N–H and O–H groups in total. The molecule has 0 spiro atoms. The number of unbranched alkanes of at least 4 members (excludes halogenated alkanes) is 1. The van der Waals surface area contributed by atoms with E-state index >= 15 is 0 Å². The smallest absolute Gasteiger partial charge is 0.244 e. The van der Waals surface area contributed by atoms with Crippen molar-refractivity contribution in [3.05, 3.63) is 18.3 Å². The van der Waals surface area contributed by atoms with Crippen molar-refractivity contribution >= 4 is 21.8 Å². The van der Waals surface area contributed by atoms with Crippen molar-refractivity contribution in [2.45, 2.75) is 48.9 Å². The Balaban J connectivity index is 2.04. The van der Waals surface area contributed by atoms with Gasteiger partial charge >= 0.3 is 0 Å². The third kappa shape index (κ3) is 3.96. The van der Waals surface area contributed by atoms with Crippen molar-refractivity contribution in [1.29, 1.82) is 0 Å². The molecule has 1 aromatic rings. The second kappa shape index (κ2) is 7.43. The van der Waals surface area contributed by atoms with E-state index in [1.165, 1.54) is 6.20 Å². The summed E-state index contributed by atoms with van der Waals surface area (Å²) < 4.78 is 26.5. The van der Waals surface area contributed by atoms with Gasteiger partial charge in [0.25, 0.3) is 0 Å². The molecule has 0 amide bonds. The summed E-state index contributed by atoms with van der Waals surface area (Å²) >= 11 is 1.68. The maximum Gasteiger partial charge on any atom is 0.244 e. The number of aromatic nitrogens is 1. The molecule has 20 heavy (non-hydrogen) atoms. The van der Waals surface area contributed by atoms with E-state index in [4.69, 9.17) is 0 Å². The van der Waals surface area contributed by atoms with Gasteiger partial charge in [0, 0.05) is 19.3 Å². The van der Waals surface area contributed by atoms with E-state index in [0.717, 1.165) is 42.9 Å². The van der Waals surface area contributed by atoms with Crippen LogP contribution in [0.2, 0.25) is 0 Å². The molecule has 1 fully saturated rings. The van der Waals surface area contributed by atoms with E-state index in [-0.39, 0.29) is 0 Å². The molecule has 0 radical (unpaired) electrons.